The Bertz CT molecular complexity index is 816. The first-order valence-electron chi connectivity index (χ1n) is 11.4. The Kier molecular flexibility index (Phi) is 9.03. The maximum atomic E-state index is 12.7. The van der Waals surface area contributed by atoms with Crippen LogP contribution in [0, 0.1) is 0 Å². The number of aliphatic imine (C=N–C) groups is 1. The quantitative estimate of drug-likeness (QED) is 0.141. The Morgan fingerprint density at radius 2 is 2.09 bits per heavy atom. The van der Waals surface area contributed by atoms with Crippen molar-refractivity contribution in [1.29, 1.82) is 0 Å². The Labute approximate surface area is 200 Å². The summed E-state index contributed by atoms with van der Waals surface area (Å²) in [6, 6.07) is -3.27. The van der Waals surface area contributed by atoms with Crippen LogP contribution in [0.2, 0.25) is 0 Å². The van der Waals surface area contributed by atoms with Crippen molar-refractivity contribution in [2.45, 2.75) is 74.1 Å². The third kappa shape index (κ3) is 6.47. The van der Waals surface area contributed by atoms with Crippen molar-refractivity contribution in [2.75, 3.05) is 19.7 Å². The zero-order valence-electron chi connectivity index (χ0n) is 19.0. The molecule has 2 saturated heterocycles. The molecule has 3 amide bonds. The number of amides is 3. The molecular formula is C19H34N8O8. The van der Waals surface area contributed by atoms with Crippen molar-refractivity contribution in [2.24, 2.45) is 22.2 Å². The normalized spacial score (nSPS) is 35.1. The molecule has 0 aromatic rings. The average Bonchev–Trinajstić information content (AvgIpc) is 3.24. The highest BCUT2D eigenvalue weighted by Crippen LogP contribution is 2.24. The minimum atomic E-state index is -1.55. The van der Waals surface area contributed by atoms with Gasteiger partial charge in [0.15, 0.2) is 24.3 Å². The van der Waals surface area contributed by atoms with Gasteiger partial charge in [0.2, 0.25) is 11.8 Å². The highest BCUT2D eigenvalue weighted by molar-refractivity contribution is 5.92. The van der Waals surface area contributed by atoms with Gasteiger partial charge in [0.05, 0.1) is 18.8 Å². The van der Waals surface area contributed by atoms with Gasteiger partial charge in [0.1, 0.15) is 18.2 Å². The molecule has 9 atom stereocenters. The lowest BCUT2D eigenvalue weighted by molar-refractivity contribution is -0.198. The highest BCUT2D eigenvalue weighted by atomic mass is 16.6. The Morgan fingerprint density at radius 3 is 2.71 bits per heavy atom. The fraction of sp³-hybridized carbons (Fsp3) is 0.789. The van der Waals surface area contributed by atoms with Gasteiger partial charge in [0, 0.05) is 19.0 Å². The third-order valence-electron chi connectivity index (χ3n) is 6.06. The fourth-order valence-corrected chi connectivity index (χ4v) is 4.30. The van der Waals surface area contributed by atoms with E-state index >= 15 is 0 Å². The number of aliphatic hydroxyl groups is 3. The second-order valence-corrected chi connectivity index (χ2v) is 8.71. The Balaban J connectivity index is 1.77. The lowest BCUT2D eigenvalue weighted by atomic mass is 9.95. The van der Waals surface area contributed by atoms with E-state index in [0.717, 1.165) is 0 Å². The van der Waals surface area contributed by atoms with Crippen molar-refractivity contribution in [3.8, 4) is 0 Å². The van der Waals surface area contributed by atoms with Crippen LogP contribution in [0.3, 0.4) is 0 Å². The standard InChI is InChI=1S/C19H34N8O8/c20-3-1-2-7(21)4-10(30)24-13-14(31)15(35-18(22)33)9(6-28)34-17(13)27-19-25-11-8(29)5-23-16(32)12(11)26-19/h7-9,11-15,17,28-29,31H,1-6,20-21H2,(H2,22,33)(H,23,32)(H,24,30)(H2,25,26,27)/t7?,8-,9?,11-,12+,13?,14?,15?,17?/m1/s1. The van der Waals surface area contributed by atoms with Gasteiger partial charge in [0.25, 0.3) is 0 Å². The molecule has 16 heteroatoms. The summed E-state index contributed by atoms with van der Waals surface area (Å²) < 4.78 is 10.7. The Hall–Kier alpha value is -2.76. The predicted molar refractivity (Wildman–Crippen MR) is 119 cm³/mol. The lowest BCUT2D eigenvalue weighted by Crippen LogP contribution is -2.70. The summed E-state index contributed by atoms with van der Waals surface area (Å²) in [4.78, 5) is 40.3. The van der Waals surface area contributed by atoms with Gasteiger partial charge in [-0.3, -0.25) is 9.59 Å². The summed E-state index contributed by atoms with van der Waals surface area (Å²) in [7, 11) is 0. The average molecular weight is 503 g/mol. The number of β-amino-alcohol motifs (C(OH)–C–C–N with tert-alkyl or cyclic N) is 1. The molecule has 6 unspecified atom stereocenters. The number of hydrogen-bond acceptors (Lipinski definition) is 13. The van der Waals surface area contributed by atoms with Gasteiger partial charge in [-0.1, -0.05) is 0 Å². The number of nitrogens with one attached hydrogen (secondary N) is 4. The van der Waals surface area contributed by atoms with Crippen molar-refractivity contribution in [3.05, 3.63) is 0 Å². The number of carbonyl (C=O) groups excluding carboxylic acids is 3. The molecule has 0 saturated carbocycles. The number of carbonyl (C=O) groups is 3. The SMILES string of the molecule is NCCCC(N)CC(=O)NC1C(NC2=N[C@@H]3C(=O)NC[C@@H](O)[C@H]3N2)OC(CO)C(OC(N)=O)C1O. The number of rotatable bonds is 9. The van der Waals surface area contributed by atoms with Crippen LogP contribution >= 0.6 is 0 Å². The predicted octanol–water partition coefficient (Wildman–Crippen LogP) is -5.75. The van der Waals surface area contributed by atoms with Crippen molar-refractivity contribution < 1.29 is 39.2 Å². The molecule has 3 heterocycles. The maximum Gasteiger partial charge on any atom is 0.404 e. The summed E-state index contributed by atoms with van der Waals surface area (Å²) in [5.74, 6) is -0.828. The smallest absolute Gasteiger partial charge is 0.404 e. The number of primary amides is 1. The van der Waals surface area contributed by atoms with E-state index in [4.69, 9.17) is 26.7 Å². The summed E-state index contributed by atoms with van der Waals surface area (Å²) in [6.07, 6.45) is -6.36. The number of ether oxygens (including phenoxy) is 2. The molecule has 16 nitrogen and oxygen atoms in total. The topological polar surface area (TPSA) is 269 Å². The molecular weight excluding hydrogens is 468 g/mol. The second-order valence-electron chi connectivity index (χ2n) is 8.71. The first-order valence-corrected chi connectivity index (χ1v) is 11.4. The highest BCUT2D eigenvalue weighted by Gasteiger charge is 2.49. The molecule has 0 aliphatic carbocycles. The van der Waals surface area contributed by atoms with Crippen LogP contribution in [0.25, 0.3) is 0 Å². The molecule has 3 aliphatic rings. The molecule has 0 radical (unpaired) electrons. The molecule has 35 heavy (non-hydrogen) atoms. The van der Waals surface area contributed by atoms with E-state index in [1.807, 2.05) is 0 Å². The van der Waals surface area contributed by atoms with Gasteiger partial charge >= 0.3 is 6.09 Å². The number of nitrogens with zero attached hydrogens (tertiary/aromatic N) is 1. The minimum absolute atomic E-state index is 0.0518. The van der Waals surface area contributed by atoms with E-state index in [2.05, 4.69) is 26.3 Å². The maximum absolute atomic E-state index is 12.7. The van der Waals surface area contributed by atoms with Crippen LogP contribution in [0.1, 0.15) is 19.3 Å². The molecule has 0 aromatic carbocycles. The number of guanidine groups is 1. The molecule has 0 spiro atoms. The molecule has 0 aromatic heterocycles. The van der Waals surface area contributed by atoms with Crippen molar-refractivity contribution >= 4 is 23.9 Å². The van der Waals surface area contributed by atoms with E-state index < -0.39 is 73.4 Å². The monoisotopic (exact) mass is 502 g/mol. The molecule has 3 rings (SSSR count). The van der Waals surface area contributed by atoms with Gasteiger partial charge in [-0.15, -0.1) is 0 Å². The number of fused-ring (bicyclic) bond motifs is 1. The van der Waals surface area contributed by atoms with Gasteiger partial charge in [-0.2, -0.15) is 0 Å². The largest absolute Gasteiger partial charge is 0.441 e. The number of hydrogen-bond donors (Lipinski definition) is 10. The van der Waals surface area contributed by atoms with Gasteiger partial charge in [-0.05, 0) is 19.4 Å². The van der Waals surface area contributed by atoms with E-state index in [1.54, 1.807) is 0 Å². The molecule has 0 bridgehead atoms. The zero-order valence-corrected chi connectivity index (χ0v) is 19.0. The summed E-state index contributed by atoms with van der Waals surface area (Å²) in [5.41, 5.74) is 16.5. The van der Waals surface area contributed by atoms with Crippen LogP contribution in [0.4, 0.5) is 4.79 Å². The second kappa shape index (κ2) is 11.8. The van der Waals surface area contributed by atoms with Gasteiger partial charge < -0.3 is 63.3 Å². The number of piperidine rings is 1. The fourth-order valence-electron chi connectivity index (χ4n) is 4.30. The van der Waals surface area contributed by atoms with Crippen molar-refractivity contribution in [1.82, 2.24) is 21.3 Å². The first kappa shape index (κ1) is 26.8. The summed E-state index contributed by atoms with van der Waals surface area (Å²) in [6.45, 7) is -0.171. The first-order chi connectivity index (χ1) is 16.6. The van der Waals surface area contributed by atoms with Crippen LogP contribution in [0.5, 0.6) is 0 Å². The molecule has 13 N–H and O–H groups in total. The van der Waals surface area contributed by atoms with Crippen LogP contribution < -0.4 is 38.5 Å². The molecule has 198 valence electrons. The van der Waals surface area contributed by atoms with E-state index in [-0.39, 0.29) is 24.8 Å². The lowest BCUT2D eigenvalue weighted by Gasteiger charge is -2.44. The van der Waals surface area contributed by atoms with Crippen molar-refractivity contribution in [3.63, 3.8) is 0 Å². The summed E-state index contributed by atoms with van der Waals surface area (Å²) in [5, 5.41) is 41.7. The molecule has 2 fully saturated rings. The third-order valence-corrected chi connectivity index (χ3v) is 6.06. The van der Waals surface area contributed by atoms with Crippen LogP contribution in [-0.4, -0.2) is 114 Å². The zero-order chi connectivity index (χ0) is 25.7. The van der Waals surface area contributed by atoms with E-state index in [0.29, 0.717) is 19.4 Å². The number of nitrogens with two attached hydrogens (primary N) is 3. The minimum Gasteiger partial charge on any atom is -0.441 e. The van der Waals surface area contributed by atoms with E-state index in [9.17, 15) is 29.7 Å². The van der Waals surface area contributed by atoms with Crippen LogP contribution in [-0.2, 0) is 19.1 Å². The van der Waals surface area contributed by atoms with E-state index in [1.165, 1.54) is 0 Å². The van der Waals surface area contributed by atoms with Gasteiger partial charge in [-0.25, -0.2) is 9.79 Å². The Morgan fingerprint density at radius 1 is 1.34 bits per heavy atom. The molecule has 3 aliphatic heterocycles. The van der Waals surface area contributed by atoms with Crippen LogP contribution in [0.15, 0.2) is 4.99 Å². The summed E-state index contributed by atoms with van der Waals surface area (Å²) >= 11 is 0. The number of aliphatic hydroxyl groups excluding tert-OH is 3.